The van der Waals surface area contributed by atoms with E-state index in [0.717, 1.165) is 35.2 Å². The molecule has 8 heteroatoms. The summed E-state index contributed by atoms with van der Waals surface area (Å²) < 4.78 is 2.16. The van der Waals surface area contributed by atoms with Crippen LogP contribution in [0.2, 0.25) is 5.02 Å². The van der Waals surface area contributed by atoms with E-state index in [0.29, 0.717) is 35.3 Å². The molecule has 3 aliphatic heterocycles. The first-order valence-electron chi connectivity index (χ1n) is 12.0. The van der Waals surface area contributed by atoms with Gasteiger partial charge in [0.25, 0.3) is 11.8 Å². The van der Waals surface area contributed by atoms with Gasteiger partial charge in [0, 0.05) is 48.6 Å². The molecular formula is C28H25ClN4O3. The first kappa shape index (κ1) is 22.8. The number of nitrogens with zero attached hydrogens (tertiary/aromatic N) is 3. The highest BCUT2D eigenvalue weighted by atomic mass is 35.5. The Kier molecular flexibility index (Phi) is 5.22. The fourth-order valence-electron chi connectivity index (χ4n) is 5.62. The number of nitrogens with two attached hydrogens (primary N) is 1. The molecule has 2 fully saturated rings. The Morgan fingerprint density at radius 3 is 2.75 bits per heavy atom. The van der Waals surface area contributed by atoms with Crippen molar-refractivity contribution in [1.29, 1.82) is 0 Å². The Bertz CT molecular complexity index is 1490. The van der Waals surface area contributed by atoms with Gasteiger partial charge in [-0.05, 0) is 48.1 Å². The van der Waals surface area contributed by atoms with E-state index in [2.05, 4.69) is 22.5 Å². The van der Waals surface area contributed by atoms with Crippen LogP contribution in [0.5, 0.6) is 0 Å². The lowest BCUT2D eigenvalue weighted by molar-refractivity contribution is -0.137. The largest absolute Gasteiger partial charge is 0.369 e. The molecule has 1 saturated carbocycles. The van der Waals surface area contributed by atoms with Gasteiger partial charge in [-0.2, -0.15) is 0 Å². The maximum absolute atomic E-state index is 12.5. The summed E-state index contributed by atoms with van der Waals surface area (Å²) in [5.74, 6) is 5.95. The van der Waals surface area contributed by atoms with Crippen LogP contribution in [-0.4, -0.2) is 50.6 Å². The van der Waals surface area contributed by atoms with Crippen LogP contribution >= 0.6 is 11.6 Å². The lowest BCUT2D eigenvalue weighted by Gasteiger charge is -2.35. The molecule has 0 radical (unpaired) electrons. The molecule has 3 N–H and O–H groups in total. The number of carbonyl (C=O) groups excluding carboxylic acids is 2. The minimum Gasteiger partial charge on any atom is -0.369 e. The summed E-state index contributed by atoms with van der Waals surface area (Å²) in [6.45, 7) is 0.471. The van der Waals surface area contributed by atoms with E-state index in [4.69, 9.17) is 22.3 Å². The Balaban J connectivity index is 1.46. The van der Waals surface area contributed by atoms with Gasteiger partial charge >= 0.3 is 0 Å². The summed E-state index contributed by atoms with van der Waals surface area (Å²) in [5.41, 5.74) is 8.80. The molecule has 4 aliphatic rings. The van der Waals surface area contributed by atoms with Gasteiger partial charge in [-0.3, -0.25) is 9.59 Å². The van der Waals surface area contributed by atoms with Crippen LogP contribution < -0.4 is 5.73 Å². The number of carbonyl (C=O) groups is 2. The van der Waals surface area contributed by atoms with Gasteiger partial charge in [-0.1, -0.05) is 47.7 Å². The summed E-state index contributed by atoms with van der Waals surface area (Å²) in [4.78, 5) is 31.0. The van der Waals surface area contributed by atoms with Crippen molar-refractivity contribution in [2.24, 2.45) is 5.73 Å². The van der Waals surface area contributed by atoms with Crippen LogP contribution in [0.1, 0.15) is 64.1 Å². The zero-order chi connectivity index (χ0) is 25.2. The number of hydrogen-bond acceptors (Lipinski definition) is 4. The number of aromatic nitrogens is 2. The molecule has 2 aromatic carbocycles. The number of halogens is 1. The molecule has 0 spiro atoms. The fraction of sp³-hybridized carbons (Fsp3) is 0.321. The monoisotopic (exact) mass is 500 g/mol. The quantitative estimate of drug-likeness (QED) is 0.539. The Morgan fingerprint density at radius 1 is 1.28 bits per heavy atom. The van der Waals surface area contributed by atoms with Crippen LogP contribution in [0.4, 0.5) is 0 Å². The number of benzene rings is 2. The predicted molar refractivity (Wildman–Crippen MR) is 136 cm³/mol. The summed E-state index contributed by atoms with van der Waals surface area (Å²) in [6.07, 6.45) is 2.64. The zero-order valence-corrected chi connectivity index (χ0v) is 20.5. The molecule has 7 rings (SSSR count). The normalized spacial score (nSPS) is 23.8. The molecule has 1 saturated heterocycles. The van der Waals surface area contributed by atoms with E-state index in [1.54, 1.807) is 7.05 Å². The van der Waals surface area contributed by atoms with Crippen molar-refractivity contribution in [2.45, 2.75) is 43.2 Å². The van der Waals surface area contributed by atoms with Gasteiger partial charge in [0.15, 0.2) is 0 Å². The molecule has 1 aromatic heterocycles. The van der Waals surface area contributed by atoms with Crippen LogP contribution in [0.15, 0.2) is 42.5 Å². The standard InChI is InChI=1S/C28H25ClN4O3/c1-32-11-10-28(36,27(32)35)9-8-16-6-7-20-18-13-19(14-18)33-23(15-17-4-2-3-5-22(17)29)24(25(30)34)31-26(33)21(20)12-16/h2-7,12,18-19,36H,10-11,13-15H2,1H3,(H2,30,34)/t18?,19?,28-/m0/s1. The van der Waals surface area contributed by atoms with Gasteiger partial charge in [-0.25, -0.2) is 4.98 Å². The van der Waals surface area contributed by atoms with Crippen molar-refractivity contribution in [1.82, 2.24) is 14.5 Å². The van der Waals surface area contributed by atoms with Crippen molar-refractivity contribution in [2.75, 3.05) is 13.6 Å². The van der Waals surface area contributed by atoms with Gasteiger partial charge in [0.2, 0.25) is 5.60 Å². The third kappa shape index (κ3) is 3.52. The summed E-state index contributed by atoms with van der Waals surface area (Å²) in [7, 11) is 1.66. The average Bonchev–Trinajstić information content (AvgIpc) is 3.23. The molecule has 182 valence electrons. The van der Waals surface area contributed by atoms with E-state index in [1.165, 1.54) is 4.90 Å². The number of primary amides is 1. The first-order chi connectivity index (χ1) is 17.2. The molecule has 2 amide bonds. The second kappa shape index (κ2) is 8.22. The van der Waals surface area contributed by atoms with E-state index in [-0.39, 0.29) is 24.1 Å². The Hall–Kier alpha value is -3.60. The zero-order valence-electron chi connectivity index (χ0n) is 19.8. The number of likely N-dealkylation sites (N-methyl/N-ethyl adjacent to an activating group) is 1. The van der Waals surface area contributed by atoms with Crippen molar-refractivity contribution < 1.29 is 14.7 Å². The topological polar surface area (TPSA) is 101 Å². The maximum Gasteiger partial charge on any atom is 0.269 e. The van der Waals surface area contributed by atoms with Gasteiger partial charge in [0.05, 0.1) is 5.69 Å². The Morgan fingerprint density at radius 2 is 2.06 bits per heavy atom. The van der Waals surface area contributed by atoms with Gasteiger partial charge < -0.3 is 20.3 Å². The second-order valence-corrected chi connectivity index (χ2v) is 10.4. The molecule has 7 nitrogen and oxygen atoms in total. The van der Waals surface area contributed by atoms with Crippen molar-refractivity contribution in [3.63, 3.8) is 0 Å². The smallest absolute Gasteiger partial charge is 0.269 e. The van der Waals surface area contributed by atoms with E-state index >= 15 is 0 Å². The number of imidazole rings is 1. The van der Waals surface area contributed by atoms with E-state index in [1.807, 2.05) is 36.4 Å². The number of aliphatic hydroxyl groups is 1. The van der Waals surface area contributed by atoms with Crippen LogP contribution in [-0.2, 0) is 11.2 Å². The third-order valence-corrected chi connectivity index (χ3v) is 8.06. The third-order valence-electron chi connectivity index (χ3n) is 7.69. The molecule has 3 aromatic rings. The SMILES string of the molecule is CN1CC[C@@](O)(C#Cc2ccc3c(c2)-c2nc(C(N)=O)c(Cc4ccccc4Cl)n2C2CC3C2)C1=O. The van der Waals surface area contributed by atoms with Crippen molar-refractivity contribution in [3.05, 3.63) is 75.6 Å². The summed E-state index contributed by atoms with van der Waals surface area (Å²) in [6, 6.07) is 13.7. The minimum absolute atomic E-state index is 0.220. The lowest BCUT2D eigenvalue weighted by atomic mass is 9.75. The van der Waals surface area contributed by atoms with Crippen molar-refractivity contribution >= 4 is 23.4 Å². The van der Waals surface area contributed by atoms with Gasteiger partial charge in [-0.15, -0.1) is 0 Å². The molecule has 1 atom stereocenters. The van der Waals surface area contributed by atoms with Crippen LogP contribution in [0, 0.1) is 11.8 Å². The Labute approximate surface area is 213 Å². The second-order valence-electron chi connectivity index (χ2n) is 9.94. The number of amides is 2. The lowest BCUT2D eigenvalue weighted by Crippen LogP contribution is -2.37. The molecular weight excluding hydrogens is 476 g/mol. The van der Waals surface area contributed by atoms with Crippen LogP contribution in [0.25, 0.3) is 11.4 Å². The highest BCUT2D eigenvalue weighted by Crippen LogP contribution is 2.53. The fourth-order valence-corrected chi connectivity index (χ4v) is 5.82. The minimum atomic E-state index is -1.66. The van der Waals surface area contributed by atoms with Crippen LogP contribution in [0.3, 0.4) is 0 Å². The first-order valence-corrected chi connectivity index (χ1v) is 12.4. The summed E-state index contributed by atoms with van der Waals surface area (Å²) in [5, 5.41) is 11.3. The highest BCUT2D eigenvalue weighted by molar-refractivity contribution is 6.31. The van der Waals surface area contributed by atoms with Gasteiger partial charge in [0.1, 0.15) is 11.5 Å². The average molecular weight is 501 g/mol. The molecule has 0 unspecified atom stereocenters. The predicted octanol–water partition coefficient (Wildman–Crippen LogP) is 3.27. The number of likely N-dealkylation sites (tertiary alicyclic amines) is 1. The molecule has 1 aliphatic carbocycles. The van der Waals surface area contributed by atoms with E-state index < -0.39 is 11.5 Å². The highest BCUT2D eigenvalue weighted by Gasteiger charge is 2.43. The molecule has 2 bridgehead atoms. The van der Waals surface area contributed by atoms with Crippen molar-refractivity contribution in [3.8, 4) is 23.2 Å². The van der Waals surface area contributed by atoms with E-state index in [9.17, 15) is 14.7 Å². The molecule has 4 heterocycles. The number of rotatable bonds is 3. The summed E-state index contributed by atoms with van der Waals surface area (Å²) >= 11 is 6.45. The molecule has 36 heavy (non-hydrogen) atoms. The number of hydrogen-bond donors (Lipinski definition) is 2. The maximum atomic E-state index is 12.5.